The van der Waals surface area contributed by atoms with Gasteiger partial charge in [-0.3, -0.25) is 9.59 Å². The highest BCUT2D eigenvalue weighted by Crippen LogP contribution is 2.23. The van der Waals surface area contributed by atoms with Crippen LogP contribution in [-0.2, 0) is 22.6 Å². The number of carbonyl (C=O) groups is 2. The van der Waals surface area contributed by atoms with Gasteiger partial charge in [0.2, 0.25) is 5.91 Å². The molecule has 0 unspecified atom stereocenters. The number of methoxy groups -OCH3 is 2. The van der Waals surface area contributed by atoms with Gasteiger partial charge in [0.05, 0.1) is 20.6 Å². The van der Waals surface area contributed by atoms with E-state index in [1.165, 1.54) is 19.1 Å². The van der Waals surface area contributed by atoms with Crippen molar-refractivity contribution < 1.29 is 24.2 Å². The van der Waals surface area contributed by atoms with Gasteiger partial charge in [0.15, 0.2) is 0 Å². The summed E-state index contributed by atoms with van der Waals surface area (Å²) in [5.41, 5.74) is 2.69. The van der Waals surface area contributed by atoms with Crippen molar-refractivity contribution in [1.82, 2.24) is 4.90 Å². The zero-order valence-electron chi connectivity index (χ0n) is 15.2. The number of nitrogens with zero attached hydrogens (tertiary/aromatic N) is 1. The maximum absolute atomic E-state index is 12.6. The second-order valence-corrected chi connectivity index (χ2v) is 6.03. The first-order valence-corrected chi connectivity index (χ1v) is 8.18. The van der Waals surface area contributed by atoms with Crippen LogP contribution in [0.15, 0.2) is 42.5 Å². The van der Waals surface area contributed by atoms with E-state index < -0.39 is 5.97 Å². The predicted molar refractivity (Wildman–Crippen MR) is 97.5 cm³/mol. The minimum atomic E-state index is -1.06. The summed E-state index contributed by atoms with van der Waals surface area (Å²) in [6.07, 6.45) is 0.147. The van der Waals surface area contributed by atoms with Gasteiger partial charge in [0.1, 0.15) is 18.0 Å². The Morgan fingerprint density at radius 2 is 1.54 bits per heavy atom. The molecule has 138 valence electrons. The first-order valence-electron chi connectivity index (χ1n) is 8.18. The number of hydrogen-bond donors (Lipinski definition) is 1. The van der Waals surface area contributed by atoms with Gasteiger partial charge in [-0.2, -0.15) is 0 Å². The minimum absolute atomic E-state index is 0.147. The third-order valence-corrected chi connectivity index (χ3v) is 3.94. The largest absolute Gasteiger partial charge is 0.497 e. The normalized spacial score (nSPS) is 10.3. The van der Waals surface area contributed by atoms with Crippen molar-refractivity contribution >= 4 is 11.9 Å². The van der Waals surface area contributed by atoms with E-state index in [-0.39, 0.29) is 25.4 Å². The summed E-state index contributed by atoms with van der Waals surface area (Å²) < 4.78 is 10.5. The number of amides is 1. The monoisotopic (exact) mass is 357 g/mol. The molecule has 2 aromatic carbocycles. The molecule has 26 heavy (non-hydrogen) atoms. The number of carboxylic acids is 1. The molecule has 0 spiro atoms. The summed E-state index contributed by atoms with van der Waals surface area (Å²) in [5.74, 6) is -0.142. The van der Waals surface area contributed by atoms with E-state index in [9.17, 15) is 14.7 Å². The first kappa shape index (κ1) is 19.3. The standard InChI is InChI=1S/C20H23NO5/c1-14-4-6-15(7-5-14)10-19(22)21(13-20(23)24)12-16-8-17(25-2)11-18(9-16)26-3/h4-9,11H,10,12-13H2,1-3H3,(H,23,24). The molecule has 0 aliphatic heterocycles. The van der Waals surface area contributed by atoms with Gasteiger partial charge in [0, 0.05) is 12.6 Å². The number of carboxylic acid groups (broad SMARTS) is 1. The van der Waals surface area contributed by atoms with Gasteiger partial charge in [-0.05, 0) is 30.2 Å². The van der Waals surface area contributed by atoms with E-state index in [1.54, 1.807) is 18.2 Å². The van der Waals surface area contributed by atoms with Crippen LogP contribution in [0.5, 0.6) is 11.5 Å². The molecule has 0 aromatic heterocycles. The van der Waals surface area contributed by atoms with Gasteiger partial charge in [-0.25, -0.2) is 0 Å². The molecule has 6 nitrogen and oxygen atoms in total. The zero-order chi connectivity index (χ0) is 19.1. The molecule has 6 heteroatoms. The lowest BCUT2D eigenvalue weighted by molar-refractivity contribution is -0.144. The van der Waals surface area contributed by atoms with Crippen molar-refractivity contribution in [3.8, 4) is 11.5 Å². The Balaban J connectivity index is 2.19. The predicted octanol–water partition coefficient (Wildman–Crippen LogP) is 2.67. The summed E-state index contributed by atoms with van der Waals surface area (Å²) in [4.78, 5) is 25.2. The number of ether oxygens (including phenoxy) is 2. The fourth-order valence-electron chi connectivity index (χ4n) is 2.57. The lowest BCUT2D eigenvalue weighted by atomic mass is 10.1. The van der Waals surface area contributed by atoms with Crippen LogP contribution in [0, 0.1) is 6.92 Å². The molecule has 0 aliphatic carbocycles. The number of carbonyl (C=O) groups excluding carboxylic acids is 1. The summed E-state index contributed by atoms with van der Waals surface area (Å²) in [6, 6.07) is 12.8. The molecule has 0 heterocycles. The van der Waals surface area contributed by atoms with E-state index >= 15 is 0 Å². The average Bonchev–Trinajstić information content (AvgIpc) is 2.62. The molecule has 2 rings (SSSR count). The van der Waals surface area contributed by atoms with Crippen molar-refractivity contribution in [3.05, 3.63) is 59.2 Å². The molecular formula is C20H23NO5. The summed E-state index contributed by atoms with van der Waals surface area (Å²) in [6.45, 7) is 1.76. The van der Waals surface area contributed by atoms with Crippen molar-refractivity contribution in [3.63, 3.8) is 0 Å². The van der Waals surface area contributed by atoms with Gasteiger partial charge in [0.25, 0.3) is 0 Å². The van der Waals surface area contributed by atoms with Crippen LogP contribution in [0.1, 0.15) is 16.7 Å². The number of aryl methyl sites for hydroxylation is 1. The molecule has 0 saturated heterocycles. The summed E-state index contributed by atoms with van der Waals surface area (Å²) in [5, 5.41) is 9.17. The Hall–Kier alpha value is -3.02. The van der Waals surface area contributed by atoms with Crippen molar-refractivity contribution in [2.75, 3.05) is 20.8 Å². The molecule has 2 aromatic rings. The van der Waals surface area contributed by atoms with Crippen LogP contribution >= 0.6 is 0 Å². The second kappa shape index (κ2) is 8.89. The number of hydrogen-bond acceptors (Lipinski definition) is 4. The molecule has 0 fully saturated rings. The molecule has 0 atom stereocenters. The maximum Gasteiger partial charge on any atom is 0.323 e. The van der Waals surface area contributed by atoms with Gasteiger partial charge < -0.3 is 19.5 Å². The maximum atomic E-state index is 12.6. The highest BCUT2D eigenvalue weighted by atomic mass is 16.5. The summed E-state index contributed by atoms with van der Waals surface area (Å²) in [7, 11) is 3.08. The first-order chi connectivity index (χ1) is 12.4. The van der Waals surface area contributed by atoms with Crippen LogP contribution in [0.3, 0.4) is 0 Å². The zero-order valence-corrected chi connectivity index (χ0v) is 15.2. The quantitative estimate of drug-likeness (QED) is 0.786. The lowest BCUT2D eigenvalue weighted by Crippen LogP contribution is -2.36. The topological polar surface area (TPSA) is 76.1 Å². The molecule has 1 N–H and O–H groups in total. The van der Waals surface area contributed by atoms with Crippen molar-refractivity contribution in [1.29, 1.82) is 0 Å². The van der Waals surface area contributed by atoms with Crippen LogP contribution in [0.2, 0.25) is 0 Å². The minimum Gasteiger partial charge on any atom is -0.497 e. The van der Waals surface area contributed by atoms with Gasteiger partial charge >= 0.3 is 5.97 Å². The fraction of sp³-hybridized carbons (Fsp3) is 0.300. The van der Waals surface area contributed by atoms with Crippen LogP contribution in [0.4, 0.5) is 0 Å². The van der Waals surface area contributed by atoms with E-state index in [1.807, 2.05) is 31.2 Å². The van der Waals surface area contributed by atoms with E-state index in [0.29, 0.717) is 11.5 Å². The SMILES string of the molecule is COc1cc(CN(CC(=O)O)C(=O)Cc2ccc(C)cc2)cc(OC)c1. The van der Waals surface area contributed by atoms with Crippen LogP contribution < -0.4 is 9.47 Å². The highest BCUT2D eigenvalue weighted by molar-refractivity contribution is 5.83. The Morgan fingerprint density at radius 3 is 2.04 bits per heavy atom. The van der Waals surface area contributed by atoms with E-state index in [0.717, 1.165) is 16.7 Å². The molecule has 0 bridgehead atoms. The Morgan fingerprint density at radius 1 is 0.962 bits per heavy atom. The van der Waals surface area contributed by atoms with Crippen LogP contribution in [0.25, 0.3) is 0 Å². The third kappa shape index (κ3) is 5.51. The van der Waals surface area contributed by atoms with Gasteiger partial charge in [-0.1, -0.05) is 29.8 Å². The van der Waals surface area contributed by atoms with Crippen LogP contribution in [-0.4, -0.2) is 42.6 Å². The number of aliphatic carboxylic acids is 1. The molecule has 0 radical (unpaired) electrons. The second-order valence-electron chi connectivity index (χ2n) is 6.03. The molecule has 0 aliphatic rings. The Bertz CT molecular complexity index is 748. The van der Waals surface area contributed by atoms with E-state index in [2.05, 4.69) is 0 Å². The average molecular weight is 357 g/mol. The third-order valence-electron chi connectivity index (χ3n) is 3.94. The molecule has 1 amide bonds. The van der Waals surface area contributed by atoms with Gasteiger partial charge in [-0.15, -0.1) is 0 Å². The van der Waals surface area contributed by atoms with Crippen molar-refractivity contribution in [2.24, 2.45) is 0 Å². The Labute approximate surface area is 153 Å². The molecule has 0 saturated carbocycles. The Kier molecular flexibility index (Phi) is 6.60. The lowest BCUT2D eigenvalue weighted by Gasteiger charge is -2.21. The summed E-state index contributed by atoms with van der Waals surface area (Å²) >= 11 is 0. The number of benzene rings is 2. The highest BCUT2D eigenvalue weighted by Gasteiger charge is 2.18. The molecular weight excluding hydrogens is 334 g/mol. The van der Waals surface area contributed by atoms with Crippen molar-refractivity contribution in [2.45, 2.75) is 19.9 Å². The fourth-order valence-corrected chi connectivity index (χ4v) is 2.57. The smallest absolute Gasteiger partial charge is 0.323 e. The number of rotatable bonds is 8. The van der Waals surface area contributed by atoms with E-state index in [4.69, 9.17) is 9.47 Å².